The number of benzene rings is 1. The molecule has 0 aliphatic carbocycles. The van der Waals surface area contributed by atoms with E-state index in [0.29, 0.717) is 13.0 Å². The number of halogens is 2. The monoisotopic (exact) mass is 300 g/mol. The third kappa shape index (κ3) is 6.53. The van der Waals surface area contributed by atoms with Crippen LogP contribution < -0.4 is 10.5 Å². The van der Waals surface area contributed by atoms with E-state index >= 15 is 0 Å². The lowest BCUT2D eigenvalue weighted by atomic mass is 10.1. The Balaban J connectivity index is 2.50. The van der Waals surface area contributed by atoms with Gasteiger partial charge in [0.05, 0.1) is 0 Å². The Labute approximate surface area is 123 Å². The molecule has 0 saturated heterocycles. The Bertz CT molecular complexity index is 438. The second-order valence-electron chi connectivity index (χ2n) is 5.03. The summed E-state index contributed by atoms with van der Waals surface area (Å²) < 4.78 is 28.3. The molecule has 1 aromatic carbocycles. The van der Waals surface area contributed by atoms with Gasteiger partial charge in [-0.15, -0.1) is 0 Å². The van der Waals surface area contributed by atoms with Crippen LogP contribution in [0.1, 0.15) is 31.7 Å². The van der Waals surface area contributed by atoms with Gasteiger partial charge >= 0.3 is 6.61 Å². The fourth-order valence-electron chi connectivity index (χ4n) is 1.99. The van der Waals surface area contributed by atoms with Gasteiger partial charge in [0.1, 0.15) is 5.75 Å². The van der Waals surface area contributed by atoms with Gasteiger partial charge in [0.2, 0.25) is 5.91 Å². The molecule has 0 saturated carbocycles. The van der Waals surface area contributed by atoms with Crippen molar-refractivity contribution in [2.45, 2.75) is 45.4 Å². The first-order valence-electron chi connectivity index (χ1n) is 6.95. The van der Waals surface area contributed by atoms with Crippen LogP contribution in [0.25, 0.3) is 0 Å². The minimum Gasteiger partial charge on any atom is -0.435 e. The quantitative estimate of drug-likeness (QED) is 0.803. The zero-order valence-corrected chi connectivity index (χ0v) is 12.4. The predicted octanol–water partition coefficient (Wildman–Crippen LogP) is 2.76. The van der Waals surface area contributed by atoms with Crippen LogP contribution in [0, 0.1) is 0 Å². The van der Waals surface area contributed by atoms with Crippen molar-refractivity contribution in [2.24, 2.45) is 5.73 Å². The number of alkyl halides is 2. The molecule has 0 radical (unpaired) electrons. The van der Waals surface area contributed by atoms with E-state index < -0.39 is 6.61 Å². The van der Waals surface area contributed by atoms with Crippen molar-refractivity contribution in [1.29, 1.82) is 0 Å². The first-order chi connectivity index (χ1) is 9.92. The maximum atomic E-state index is 12.0. The van der Waals surface area contributed by atoms with Crippen LogP contribution in [-0.4, -0.2) is 30.5 Å². The zero-order valence-electron chi connectivity index (χ0n) is 12.4. The summed E-state index contributed by atoms with van der Waals surface area (Å²) in [5.41, 5.74) is 6.69. The first kappa shape index (κ1) is 17.4. The van der Waals surface area contributed by atoms with Gasteiger partial charge in [0.25, 0.3) is 0 Å². The molecule has 2 N–H and O–H groups in total. The average Bonchev–Trinajstić information content (AvgIpc) is 2.40. The molecule has 0 spiro atoms. The summed E-state index contributed by atoms with van der Waals surface area (Å²) >= 11 is 0. The summed E-state index contributed by atoms with van der Waals surface area (Å²) in [6, 6.07) is 6.12. The largest absolute Gasteiger partial charge is 0.435 e. The Hall–Kier alpha value is -1.69. The third-order valence-electron chi connectivity index (χ3n) is 3.09. The number of carbonyl (C=O) groups is 1. The van der Waals surface area contributed by atoms with E-state index in [1.807, 2.05) is 6.92 Å². The summed E-state index contributed by atoms with van der Waals surface area (Å²) in [5, 5.41) is 0. The summed E-state index contributed by atoms with van der Waals surface area (Å²) in [6.07, 6.45) is 2.08. The van der Waals surface area contributed by atoms with Gasteiger partial charge in [-0.1, -0.05) is 25.5 Å². The highest BCUT2D eigenvalue weighted by molar-refractivity contribution is 5.76. The number of amides is 1. The summed E-state index contributed by atoms with van der Waals surface area (Å²) in [7, 11) is 1.70. The van der Waals surface area contributed by atoms with Crippen LogP contribution in [0.4, 0.5) is 8.78 Å². The molecule has 1 atom stereocenters. The molecule has 1 aromatic rings. The SMILES string of the molecule is CCCC(N)CC(=O)N(C)Cc1ccc(OC(F)F)cc1. The van der Waals surface area contributed by atoms with Gasteiger partial charge in [-0.05, 0) is 24.1 Å². The number of nitrogens with two attached hydrogens (primary N) is 1. The third-order valence-corrected chi connectivity index (χ3v) is 3.09. The molecule has 0 heterocycles. The highest BCUT2D eigenvalue weighted by atomic mass is 19.3. The van der Waals surface area contributed by atoms with Crippen molar-refractivity contribution in [2.75, 3.05) is 7.05 Å². The van der Waals surface area contributed by atoms with Crippen LogP contribution in [0.15, 0.2) is 24.3 Å². The number of ether oxygens (including phenoxy) is 1. The second kappa shape index (κ2) is 8.56. The molecule has 0 aromatic heterocycles. The Morgan fingerprint density at radius 1 is 1.33 bits per heavy atom. The van der Waals surface area contributed by atoms with E-state index in [1.54, 1.807) is 24.1 Å². The molecule has 0 bridgehead atoms. The number of hydrogen-bond donors (Lipinski definition) is 1. The lowest BCUT2D eigenvalue weighted by Gasteiger charge is -2.19. The molecule has 1 amide bonds. The standard InChI is InChI=1S/C15H22F2N2O2/c1-3-4-12(18)9-14(20)19(2)10-11-5-7-13(8-6-11)21-15(16)17/h5-8,12,15H,3-4,9-10,18H2,1-2H3. The fraction of sp³-hybridized carbons (Fsp3) is 0.533. The van der Waals surface area contributed by atoms with Gasteiger partial charge in [-0.2, -0.15) is 8.78 Å². The average molecular weight is 300 g/mol. The Kier molecular flexibility index (Phi) is 7.08. The molecule has 1 unspecified atom stereocenters. The lowest BCUT2D eigenvalue weighted by molar-refractivity contribution is -0.130. The number of carbonyl (C=O) groups excluding carboxylic acids is 1. The smallest absolute Gasteiger partial charge is 0.387 e. The molecule has 0 aliphatic rings. The van der Waals surface area contributed by atoms with Gasteiger partial charge < -0.3 is 15.4 Å². The normalized spacial score (nSPS) is 12.3. The minimum atomic E-state index is -2.83. The molecule has 21 heavy (non-hydrogen) atoms. The van der Waals surface area contributed by atoms with Crippen molar-refractivity contribution >= 4 is 5.91 Å². The van der Waals surface area contributed by atoms with E-state index in [1.165, 1.54) is 12.1 Å². The fourth-order valence-corrected chi connectivity index (χ4v) is 1.99. The van der Waals surface area contributed by atoms with Crippen molar-refractivity contribution in [3.05, 3.63) is 29.8 Å². The summed E-state index contributed by atoms with van der Waals surface area (Å²) in [5.74, 6) is 0.0801. The van der Waals surface area contributed by atoms with Gasteiger partial charge in [0.15, 0.2) is 0 Å². The van der Waals surface area contributed by atoms with Crippen molar-refractivity contribution in [3.8, 4) is 5.75 Å². The maximum absolute atomic E-state index is 12.0. The molecule has 1 rings (SSSR count). The summed E-state index contributed by atoms with van der Waals surface area (Å²) in [6.45, 7) is -0.399. The highest BCUT2D eigenvalue weighted by Crippen LogP contribution is 2.16. The molecule has 0 fully saturated rings. The van der Waals surface area contributed by atoms with Crippen LogP contribution >= 0.6 is 0 Å². The van der Waals surface area contributed by atoms with E-state index in [9.17, 15) is 13.6 Å². The van der Waals surface area contributed by atoms with E-state index in [4.69, 9.17) is 5.73 Å². The topological polar surface area (TPSA) is 55.6 Å². The van der Waals surface area contributed by atoms with Gasteiger partial charge in [0, 0.05) is 26.1 Å². The van der Waals surface area contributed by atoms with Gasteiger partial charge in [-0.25, -0.2) is 0 Å². The Morgan fingerprint density at radius 2 is 1.95 bits per heavy atom. The number of nitrogens with zero attached hydrogens (tertiary/aromatic N) is 1. The lowest BCUT2D eigenvalue weighted by Crippen LogP contribution is -2.32. The number of hydrogen-bond acceptors (Lipinski definition) is 3. The van der Waals surface area contributed by atoms with E-state index in [-0.39, 0.29) is 17.7 Å². The predicted molar refractivity (Wildman–Crippen MR) is 77.0 cm³/mol. The molecule has 6 heteroatoms. The second-order valence-corrected chi connectivity index (χ2v) is 5.03. The van der Waals surface area contributed by atoms with Crippen molar-refractivity contribution < 1.29 is 18.3 Å². The van der Waals surface area contributed by atoms with Crippen LogP contribution in [-0.2, 0) is 11.3 Å². The minimum absolute atomic E-state index is 0.0242. The molecular weight excluding hydrogens is 278 g/mol. The molecule has 118 valence electrons. The van der Waals surface area contributed by atoms with Crippen LogP contribution in [0.2, 0.25) is 0 Å². The molecule has 4 nitrogen and oxygen atoms in total. The highest BCUT2D eigenvalue weighted by Gasteiger charge is 2.13. The van der Waals surface area contributed by atoms with Crippen molar-refractivity contribution in [1.82, 2.24) is 4.90 Å². The van der Waals surface area contributed by atoms with Crippen LogP contribution in [0.3, 0.4) is 0 Å². The number of rotatable bonds is 8. The van der Waals surface area contributed by atoms with E-state index in [2.05, 4.69) is 4.74 Å². The van der Waals surface area contributed by atoms with Crippen LogP contribution in [0.5, 0.6) is 5.75 Å². The zero-order chi connectivity index (χ0) is 15.8. The molecule has 0 aliphatic heterocycles. The first-order valence-corrected chi connectivity index (χ1v) is 6.95. The molecular formula is C15H22F2N2O2. The Morgan fingerprint density at radius 3 is 2.48 bits per heavy atom. The maximum Gasteiger partial charge on any atom is 0.387 e. The van der Waals surface area contributed by atoms with Gasteiger partial charge in [-0.3, -0.25) is 4.79 Å². The van der Waals surface area contributed by atoms with Crippen molar-refractivity contribution in [3.63, 3.8) is 0 Å². The summed E-state index contributed by atoms with van der Waals surface area (Å²) in [4.78, 5) is 13.5. The van der Waals surface area contributed by atoms with E-state index in [0.717, 1.165) is 18.4 Å².